The number of fused-ring (bicyclic) bond motifs is 2. The fraction of sp³-hybridized carbons (Fsp3) is 0.433. The van der Waals surface area contributed by atoms with Crippen molar-refractivity contribution in [2.75, 3.05) is 19.0 Å². The Morgan fingerprint density at radius 1 is 1.12 bits per heavy atom. The Hall–Kier alpha value is -4.05. The molecule has 0 saturated carbocycles. The van der Waals surface area contributed by atoms with Crippen LogP contribution in [0.2, 0.25) is 0 Å². The monoisotopic (exact) mass is 541 g/mol. The summed E-state index contributed by atoms with van der Waals surface area (Å²) in [4.78, 5) is 9.90. The number of allylic oxidation sites excluding steroid dienone is 2. The summed E-state index contributed by atoms with van der Waals surface area (Å²) in [5, 5.41) is 17.5. The zero-order chi connectivity index (χ0) is 27.9. The molecule has 0 amide bonds. The molecule has 2 atom stereocenters. The molecular formula is C30H39N9O. The SMILES string of the molecule is COCCn1ccc(NC2(C)CCC(C)C3=C(/C=N\2)CCc2nn(C)c(-c4ccc(-c5cnn(C)c5)nc4)c23)n1.[HH]. The van der Waals surface area contributed by atoms with Crippen LogP contribution >= 0.6 is 0 Å². The molecule has 2 aliphatic rings. The van der Waals surface area contributed by atoms with Crippen molar-refractivity contribution in [1.82, 2.24) is 34.3 Å². The van der Waals surface area contributed by atoms with E-state index in [0.29, 0.717) is 12.5 Å². The molecule has 0 fully saturated rings. The maximum atomic E-state index is 5.18. The molecule has 4 aromatic rings. The zero-order valence-electron chi connectivity index (χ0n) is 23.9. The van der Waals surface area contributed by atoms with Crippen LogP contribution < -0.4 is 5.32 Å². The van der Waals surface area contributed by atoms with Gasteiger partial charge in [0.2, 0.25) is 0 Å². The van der Waals surface area contributed by atoms with Crippen LogP contribution in [0.4, 0.5) is 5.82 Å². The van der Waals surface area contributed by atoms with Crippen molar-refractivity contribution in [3.8, 4) is 22.5 Å². The molecule has 0 aromatic carbocycles. The maximum Gasteiger partial charge on any atom is 0.149 e. The van der Waals surface area contributed by atoms with Crippen LogP contribution in [-0.2, 0) is 31.8 Å². The van der Waals surface area contributed by atoms with Crippen LogP contribution in [-0.4, -0.2) is 59.9 Å². The minimum absolute atomic E-state index is 0. The molecule has 1 aliphatic heterocycles. The molecule has 40 heavy (non-hydrogen) atoms. The summed E-state index contributed by atoms with van der Waals surface area (Å²) in [6.45, 7) is 5.86. The van der Waals surface area contributed by atoms with Crippen molar-refractivity contribution in [2.45, 2.75) is 51.7 Å². The lowest BCUT2D eigenvalue weighted by atomic mass is 9.78. The quantitative estimate of drug-likeness (QED) is 0.353. The molecule has 10 heteroatoms. The van der Waals surface area contributed by atoms with E-state index < -0.39 is 5.66 Å². The van der Waals surface area contributed by atoms with Gasteiger partial charge in [-0.05, 0) is 61.8 Å². The van der Waals surface area contributed by atoms with E-state index in [2.05, 4.69) is 47.7 Å². The zero-order valence-corrected chi connectivity index (χ0v) is 23.9. The lowest BCUT2D eigenvalue weighted by Gasteiger charge is -2.33. The van der Waals surface area contributed by atoms with Crippen LogP contribution in [0.3, 0.4) is 0 Å². The molecule has 210 valence electrons. The van der Waals surface area contributed by atoms with E-state index in [1.807, 2.05) is 54.3 Å². The highest BCUT2D eigenvalue weighted by Gasteiger charge is 2.33. The number of aromatic nitrogens is 7. The summed E-state index contributed by atoms with van der Waals surface area (Å²) >= 11 is 0. The van der Waals surface area contributed by atoms with Crippen molar-refractivity contribution in [3.05, 3.63) is 59.8 Å². The number of hydrogen-bond acceptors (Lipinski definition) is 7. The number of nitrogens with zero attached hydrogens (tertiary/aromatic N) is 8. The van der Waals surface area contributed by atoms with E-state index in [-0.39, 0.29) is 1.43 Å². The van der Waals surface area contributed by atoms with Gasteiger partial charge in [-0.1, -0.05) is 6.92 Å². The van der Waals surface area contributed by atoms with Crippen LogP contribution in [0.15, 0.2) is 53.6 Å². The van der Waals surface area contributed by atoms with Crippen LogP contribution in [0.25, 0.3) is 28.1 Å². The van der Waals surface area contributed by atoms with E-state index in [4.69, 9.17) is 19.8 Å². The third kappa shape index (κ3) is 4.99. The molecule has 2 unspecified atom stereocenters. The van der Waals surface area contributed by atoms with E-state index in [1.54, 1.807) is 11.8 Å². The highest BCUT2D eigenvalue weighted by molar-refractivity contribution is 5.96. The molecule has 0 radical (unpaired) electrons. The summed E-state index contributed by atoms with van der Waals surface area (Å²) < 4.78 is 10.9. The lowest BCUT2D eigenvalue weighted by Crippen LogP contribution is -2.35. The van der Waals surface area contributed by atoms with Gasteiger partial charge >= 0.3 is 0 Å². The summed E-state index contributed by atoms with van der Waals surface area (Å²) in [6, 6.07) is 6.22. The Kier molecular flexibility index (Phi) is 6.87. The maximum absolute atomic E-state index is 5.18. The smallest absolute Gasteiger partial charge is 0.149 e. The van der Waals surface area contributed by atoms with E-state index >= 15 is 0 Å². The first-order chi connectivity index (χ1) is 19.3. The first-order valence-electron chi connectivity index (χ1n) is 13.9. The minimum atomic E-state index is -0.433. The standard InChI is InChI=1S/C30H37N9O.H2/c1-20-10-12-30(2,34-26-11-13-39(36-26)14-15-40-5)32-17-21-6-9-25-28(27(20)21)29(38(4)35-25)22-7-8-24(31-16-22)23-18-33-37(3)19-23;/h7-8,11,13,16-20H,6,9-10,12,14-15H2,1-5H3,(H,34,36);1H/b32-17-;. The second-order valence-electron chi connectivity index (χ2n) is 11.1. The molecular weight excluding hydrogens is 502 g/mol. The van der Waals surface area contributed by atoms with Crippen molar-refractivity contribution < 1.29 is 6.16 Å². The first kappa shape index (κ1) is 26.2. The second-order valence-corrected chi connectivity index (χ2v) is 11.1. The summed E-state index contributed by atoms with van der Waals surface area (Å²) in [6.07, 6.45) is 13.6. The molecule has 5 heterocycles. The molecule has 1 N–H and O–H groups in total. The third-order valence-electron chi connectivity index (χ3n) is 8.03. The molecule has 0 saturated heterocycles. The number of aliphatic imine (C=N–C) groups is 1. The minimum Gasteiger partial charge on any atom is -0.383 e. The Bertz CT molecular complexity index is 1580. The topological polar surface area (TPSA) is 100.0 Å². The number of anilines is 1. The van der Waals surface area contributed by atoms with Gasteiger partial charge < -0.3 is 10.1 Å². The number of hydrogen-bond donors (Lipinski definition) is 1. The van der Waals surface area contributed by atoms with E-state index in [1.165, 1.54) is 16.7 Å². The number of nitrogens with one attached hydrogen (secondary N) is 1. The summed E-state index contributed by atoms with van der Waals surface area (Å²) in [5.41, 5.74) is 8.77. The molecule has 1 aliphatic carbocycles. The normalized spacial score (nSPS) is 21.5. The van der Waals surface area contributed by atoms with Gasteiger partial charge in [0.25, 0.3) is 0 Å². The average molecular weight is 542 g/mol. The van der Waals surface area contributed by atoms with Gasteiger partial charge in [-0.15, -0.1) is 0 Å². The molecule has 4 aromatic heterocycles. The second kappa shape index (κ2) is 10.5. The van der Waals surface area contributed by atoms with Gasteiger partial charge in [0, 0.05) is 70.2 Å². The van der Waals surface area contributed by atoms with Crippen molar-refractivity contribution in [1.29, 1.82) is 0 Å². The van der Waals surface area contributed by atoms with E-state index in [9.17, 15) is 0 Å². The van der Waals surface area contributed by atoms with Crippen LogP contribution in [0.5, 0.6) is 0 Å². The number of methoxy groups -OCH3 is 1. The Morgan fingerprint density at radius 3 is 2.75 bits per heavy atom. The largest absolute Gasteiger partial charge is 0.383 e. The summed E-state index contributed by atoms with van der Waals surface area (Å²) in [7, 11) is 5.66. The number of ether oxygens (including phenoxy) is 1. The van der Waals surface area contributed by atoms with Crippen LogP contribution in [0.1, 0.15) is 45.8 Å². The van der Waals surface area contributed by atoms with Crippen molar-refractivity contribution in [2.24, 2.45) is 25.0 Å². The van der Waals surface area contributed by atoms with Gasteiger partial charge in [-0.25, -0.2) is 0 Å². The van der Waals surface area contributed by atoms with Gasteiger partial charge in [-0.2, -0.15) is 15.3 Å². The van der Waals surface area contributed by atoms with Crippen LogP contribution in [0, 0.1) is 5.92 Å². The Balaban J connectivity index is 0.00000337. The number of rotatable bonds is 7. The predicted molar refractivity (Wildman–Crippen MR) is 159 cm³/mol. The van der Waals surface area contributed by atoms with Gasteiger partial charge in [0.1, 0.15) is 11.5 Å². The highest BCUT2D eigenvalue weighted by Crippen LogP contribution is 2.44. The fourth-order valence-corrected chi connectivity index (χ4v) is 5.91. The molecule has 0 spiro atoms. The molecule has 10 nitrogen and oxygen atoms in total. The van der Waals surface area contributed by atoms with E-state index in [0.717, 1.165) is 66.3 Å². The molecule has 0 bridgehead atoms. The van der Waals surface area contributed by atoms with Gasteiger partial charge in [0.05, 0.1) is 36.4 Å². The van der Waals surface area contributed by atoms with Gasteiger partial charge in [-0.3, -0.25) is 24.0 Å². The fourth-order valence-electron chi connectivity index (χ4n) is 5.91. The number of pyridine rings is 1. The van der Waals surface area contributed by atoms with Gasteiger partial charge in [0.15, 0.2) is 0 Å². The van der Waals surface area contributed by atoms with Crippen molar-refractivity contribution in [3.63, 3.8) is 0 Å². The third-order valence-corrected chi connectivity index (χ3v) is 8.03. The molecule has 6 rings (SSSR count). The number of aryl methyl sites for hydroxylation is 3. The highest BCUT2D eigenvalue weighted by atomic mass is 16.5. The Labute approximate surface area is 236 Å². The average Bonchev–Trinajstić information content (AvgIpc) is 3.66. The lowest BCUT2D eigenvalue weighted by molar-refractivity contribution is 0.183. The summed E-state index contributed by atoms with van der Waals surface area (Å²) in [5.74, 6) is 1.19. The predicted octanol–water partition coefficient (Wildman–Crippen LogP) is 5.00. The first-order valence-corrected chi connectivity index (χ1v) is 13.9. The van der Waals surface area contributed by atoms with Crippen molar-refractivity contribution >= 4 is 17.6 Å². The Morgan fingerprint density at radius 2 is 2.00 bits per heavy atom.